The van der Waals surface area contributed by atoms with Gasteiger partial charge < -0.3 is 4.74 Å². The highest BCUT2D eigenvalue weighted by atomic mass is 16.5. The summed E-state index contributed by atoms with van der Waals surface area (Å²) in [5, 5.41) is 0. The van der Waals surface area contributed by atoms with E-state index in [4.69, 9.17) is 0 Å². The van der Waals surface area contributed by atoms with Crippen LogP contribution in [0.15, 0.2) is 54.6 Å². The SMILES string of the molecule is CCOC(C)=O.O=C1C=CC(=O)C=C1.O=Cc1ccccc1. The van der Waals surface area contributed by atoms with Crippen LogP contribution in [0.5, 0.6) is 0 Å². The van der Waals surface area contributed by atoms with Crippen molar-refractivity contribution in [2.24, 2.45) is 0 Å². The van der Waals surface area contributed by atoms with Crippen molar-refractivity contribution in [1.82, 2.24) is 0 Å². The van der Waals surface area contributed by atoms with E-state index < -0.39 is 0 Å². The first-order chi connectivity index (χ1) is 10.5. The average Bonchev–Trinajstić information content (AvgIpc) is 2.52. The van der Waals surface area contributed by atoms with Crippen LogP contribution in [0.4, 0.5) is 0 Å². The zero-order valence-corrected chi connectivity index (χ0v) is 12.5. The number of esters is 1. The Labute approximate surface area is 129 Å². The summed E-state index contributed by atoms with van der Waals surface area (Å²) in [5.41, 5.74) is 0.729. The van der Waals surface area contributed by atoms with Crippen molar-refractivity contribution in [3.63, 3.8) is 0 Å². The molecule has 1 aliphatic rings. The first kappa shape index (κ1) is 19.2. The molecule has 1 aromatic carbocycles. The molecule has 0 unspecified atom stereocenters. The second kappa shape index (κ2) is 12.0. The topological polar surface area (TPSA) is 77.5 Å². The van der Waals surface area contributed by atoms with Crippen molar-refractivity contribution in [3.8, 4) is 0 Å². The third-order valence-electron chi connectivity index (χ3n) is 2.11. The molecule has 5 nitrogen and oxygen atoms in total. The van der Waals surface area contributed by atoms with E-state index in [-0.39, 0.29) is 17.5 Å². The fraction of sp³-hybridized carbons (Fsp3) is 0.176. The Morgan fingerprint density at radius 2 is 1.45 bits per heavy atom. The molecule has 116 valence electrons. The molecule has 0 spiro atoms. The van der Waals surface area contributed by atoms with Crippen LogP contribution in [0, 0.1) is 0 Å². The third kappa shape index (κ3) is 11.0. The molecule has 0 saturated heterocycles. The van der Waals surface area contributed by atoms with Crippen LogP contribution in [-0.4, -0.2) is 30.4 Å². The molecule has 0 bridgehead atoms. The van der Waals surface area contributed by atoms with Gasteiger partial charge in [-0.1, -0.05) is 30.3 Å². The maximum Gasteiger partial charge on any atom is 0.302 e. The molecule has 0 atom stereocenters. The van der Waals surface area contributed by atoms with Crippen molar-refractivity contribution in [1.29, 1.82) is 0 Å². The van der Waals surface area contributed by atoms with E-state index in [1.54, 1.807) is 19.1 Å². The van der Waals surface area contributed by atoms with Crippen LogP contribution >= 0.6 is 0 Å². The molecule has 0 saturated carbocycles. The summed E-state index contributed by atoms with van der Waals surface area (Å²) in [6, 6.07) is 9.10. The van der Waals surface area contributed by atoms with Gasteiger partial charge in [-0.05, 0) is 31.2 Å². The van der Waals surface area contributed by atoms with E-state index in [1.165, 1.54) is 31.2 Å². The zero-order chi connectivity index (χ0) is 16.8. The van der Waals surface area contributed by atoms with Gasteiger partial charge in [-0.3, -0.25) is 19.2 Å². The molecule has 22 heavy (non-hydrogen) atoms. The quantitative estimate of drug-likeness (QED) is 0.476. The molecule has 0 N–H and O–H groups in total. The van der Waals surface area contributed by atoms with Crippen LogP contribution in [0.3, 0.4) is 0 Å². The molecule has 0 amide bonds. The predicted molar refractivity (Wildman–Crippen MR) is 82.4 cm³/mol. The van der Waals surface area contributed by atoms with Crippen molar-refractivity contribution in [3.05, 3.63) is 60.2 Å². The minimum absolute atomic E-state index is 0.121. The van der Waals surface area contributed by atoms with E-state index >= 15 is 0 Å². The van der Waals surface area contributed by atoms with Crippen molar-refractivity contribution < 1.29 is 23.9 Å². The van der Waals surface area contributed by atoms with Gasteiger partial charge in [-0.25, -0.2) is 0 Å². The molecular weight excluding hydrogens is 284 g/mol. The number of rotatable bonds is 2. The maximum atomic E-state index is 10.3. The van der Waals surface area contributed by atoms with E-state index in [0.717, 1.165) is 11.8 Å². The fourth-order valence-electron chi connectivity index (χ4n) is 1.17. The van der Waals surface area contributed by atoms with Crippen molar-refractivity contribution in [2.45, 2.75) is 13.8 Å². The Morgan fingerprint density at radius 1 is 1.00 bits per heavy atom. The summed E-state index contributed by atoms with van der Waals surface area (Å²) in [6.07, 6.45) is 5.84. The van der Waals surface area contributed by atoms with Gasteiger partial charge in [0.1, 0.15) is 6.29 Å². The van der Waals surface area contributed by atoms with Crippen LogP contribution in [0.1, 0.15) is 24.2 Å². The van der Waals surface area contributed by atoms with Gasteiger partial charge in [-0.2, -0.15) is 0 Å². The predicted octanol–water partition coefficient (Wildman–Crippen LogP) is 2.32. The Kier molecular flexibility index (Phi) is 10.4. The molecule has 0 radical (unpaired) electrons. The smallest absolute Gasteiger partial charge is 0.302 e. The number of carbonyl (C=O) groups excluding carboxylic acids is 4. The molecule has 5 heteroatoms. The summed E-state index contributed by atoms with van der Waals surface area (Å²) in [6.45, 7) is 3.65. The van der Waals surface area contributed by atoms with Crippen LogP contribution in [0.2, 0.25) is 0 Å². The maximum absolute atomic E-state index is 10.3. The Balaban J connectivity index is 0.000000306. The minimum Gasteiger partial charge on any atom is -0.466 e. The Hall–Kier alpha value is -2.82. The van der Waals surface area contributed by atoms with E-state index in [0.29, 0.717) is 6.61 Å². The van der Waals surface area contributed by atoms with Crippen LogP contribution in [-0.2, 0) is 19.1 Å². The molecule has 1 aliphatic carbocycles. The lowest BCUT2D eigenvalue weighted by molar-refractivity contribution is -0.140. The van der Waals surface area contributed by atoms with E-state index in [9.17, 15) is 19.2 Å². The minimum atomic E-state index is -0.211. The number of hydrogen-bond donors (Lipinski definition) is 0. The van der Waals surface area contributed by atoms with Crippen LogP contribution < -0.4 is 0 Å². The summed E-state index contributed by atoms with van der Waals surface area (Å²) in [5.74, 6) is -0.452. The molecule has 0 aliphatic heterocycles. The zero-order valence-electron chi connectivity index (χ0n) is 12.5. The first-order valence-corrected chi connectivity index (χ1v) is 6.57. The lowest BCUT2D eigenvalue weighted by atomic mass is 10.2. The van der Waals surface area contributed by atoms with Gasteiger partial charge in [0, 0.05) is 12.5 Å². The van der Waals surface area contributed by atoms with Gasteiger partial charge in [0.05, 0.1) is 6.61 Å². The summed E-state index contributed by atoms with van der Waals surface area (Å²) >= 11 is 0. The first-order valence-electron chi connectivity index (χ1n) is 6.57. The highest BCUT2D eigenvalue weighted by molar-refractivity contribution is 6.14. The molecule has 0 fully saturated rings. The van der Waals surface area contributed by atoms with Gasteiger partial charge in [0.25, 0.3) is 0 Å². The monoisotopic (exact) mass is 302 g/mol. The van der Waals surface area contributed by atoms with Gasteiger partial charge in [0.15, 0.2) is 11.6 Å². The molecule has 0 heterocycles. The summed E-state index contributed by atoms with van der Waals surface area (Å²) in [7, 11) is 0. The molecule has 0 aromatic heterocycles. The van der Waals surface area contributed by atoms with E-state index in [2.05, 4.69) is 4.74 Å². The molecule has 1 aromatic rings. The number of carbonyl (C=O) groups is 4. The number of ketones is 2. The molecule has 2 rings (SSSR count). The van der Waals surface area contributed by atoms with Gasteiger partial charge in [-0.15, -0.1) is 0 Å². The number of aldehydes is 1. The normalized spacial score (nSPS) is 11.5. The fourth-order valence-corrected chi connectivity index (χ4v) is 1.17. The number of allylic oxidation sites excluding steroid dienone is 4. The largest absolute Gasteiger partial charge is 0.466 e. The molecular formula is C17H18O5. The summed E-state index contributed by atoms with van der Waals surface area (Å²) < 4.78 is 4.40. The number of hydrogen-bond acceptors (Lipinski definition) is 5. The number of benzene rings is 1. The van der Waals surface area contributed by atoms with Gasteiger partial charge >= 0.3 is 5.97 Å². The van der Waals surface area contributed by atoms with Crippen LogP contribution in [0.25, 0.3) is 0 Å². The van der Waals surface area contributed by atoms with E-state index in [1.807, 2.05) is 18.2 Å². The lowest BCUT2D eigenvalue weighted by Crippen LogP contribution is -1.97. The third-order valence-corrected chi connectivity index (χ3v) is 2.11. The Bertz CT molecular complexity index is 518. The summed E-state index contributed by atoms with van der Waals surface area (Å²) in [4.78, 5) is 40.4. The second-order valence-corrected chi connectivity index (χ2v) is 3.92. The highest BCUT2D eigenvalue weighted by Crippen LogP contribution is 1.91. The highest BCUT2D eigenvalue weighted by Gasteiger charge is 1.97. The number of ether oxygens (including phenoxy) is 1. The lowest BCUT2D eigenvalue weighted by Gasteiger charge is -1.89. The standard InChI is InChI=1S/C7H6O.C6H4O2.C4H8O2/c8-6-7-4-2-1-3-5-7;7-5-1-2-6(8)4-3-5;1-3-6-4(2)5/h1-6H;1-4H;3H2,1-2H3. The Morgan fingerprint density at radius 3 is 1.68 bits per heavy atom. The van der Waals surface area contributed by atoms with Crippen molar-refractivity contribution in [2.75, 3.05) is 6.61 Å². The van der Waals surface area contributed by atoms with Crippen molar-refractivity contribution >= 4 is 23.8 Å². The van der Waals surface area contributed by atoms with Gasteiger partial charge in [0.2, 0.25) is 0 Å². The second-order valence-electron chi connectivity index (χ2n) is 3.92. The average molecular weight is 302 g/mol.